The summed E-state index contributed by atoms with van der Waals surface area (Å²) < 4.78 is 7.17. The highest BCUT2D eigenvalue weighted by Crippen LogP contribution is 2.38. The molecule has 2 N–H and O–H groups in total. The lowest BCUT2D eigenvalue weighted by Crippen LogP contribution is -2.31. The minimum Gasteiger partial charge on any atom is -0.495 e. The zero-order valence-electron chi connectivity index (χ0n) is 19.7. The molecule has 0 fully saturated rings. The number of anilines is 2. The van der Waals surface area contributed by atoms with E-state index in [1.807, 2.05) is 55.5 Å². The summed E-state index contributed by atoms with van der Waals surface area (Å²) in [6, 6.07) is 24.4. The molecule has 0 saturated heterocycles. The Bertz CT molecular complexity index is 1440. The molecule has 0 unspecified atom stereocenters. The number of rotatable bonds is 7. The van der Waals surface area contributed by atoms with Gasteiger partial charge in [0.1, 0.15) is 11.8 Å². The number of fused-ring (bicyclic) bond motifs is 1. The number of nitrogens with one attached hydrogen (secondary N) is 2. The first-order valence-corrected chi connectivity index (χ1v) is 12.7. The Balaban J connectivity index is 1.51. The Morgan fingerprint density at radius 3 is 2.67 bits per heavy atom. The van der Waals surface area contributed by atoms with Crippen LogP contribution in [0.5, 0.6) is 5.75 Å². The highest BCUT2D eigenvalue weighted by molar-refractivity contribution is 7.98. The molecule has 4 aromatic rings. The van der Waals surface area contributed by atoms with Crippen LogP contribution in [0.4, 0.5) is 11.6 Å². The van der Waals surface area contributed by atoms with E-state index < -0.39 is 6.04 Å². The maximum absolute atomic E-state index is 13.7. The fourth-order valence-corrected chi connectivity index (χ4v) is 5.11. The first-order chi connectivity index (χ1) is 17.5. The fourth-order valence-electron chi connectivity index (χ4n) is 4.13. The minimum atomic E-state index is -0.520. The van der Waals surface area contributed by atoms with Crippen molar-refractivity contribution in [1.82, 2.24) is 14.8 Å². The van der Waals surface area contributed by atoms with Crippen LogP contribution in [0.15, 0.2) is 95.3 Å². The van der Waals surface area contributed by atoms with E-state index in [9.17, 15) is 4.79 Å². The summed E-state index contributed by atoms with van der Waals surface area (Å²) in [5, 5.41) is 12.2. The van der Waals surface area contributed by atoms with Gasteiger partial charge < -0.3 is 15.4 Å². The maximum atomic E-state index is 13.7. The van der Waals surface area contributed by atoms with Gasteiger partial charge in [0.15, 0.2) is 0 Å². The number of hydrogen-bond donors (Lipinski definition) is 2. The number of aromatic nitrogens is 3. The number of amides is 1. The largest absolute Gasteiger partial charge is 0.495 e. The number of allylic oxidation sites excluding steroid dienone is 1. The van der Waals surface area contributed by atoms with Gasteiger partial charge in [-0.15, -0.1) is 5.10 Å². The zero-order chi connectivity index (χ0) is 25.1. The Hall–Kier alpha value is -3.75. The zero-order valence-corrected chi connectivity index (χ0v) is 21.3. The van der Waals surface area contributed by atoms with Crippen LogP contribution in [0.3, 0.4) is 0 Å². The van der Waals surface area contributed by atoms with Crippen molar-refractivity contribution in [2.75, 3.05) is 17.7 Å². The number of thioether (sulfide) groups is 1. The number of methoxy groups -OCH3 is 1. The second kappa shape index (κ2) is 10.5. The highest BCUT2D eigenvalue weighted by Gasteiger charge is 2.34. The lowest BCUT2D eigenvalue weighted by atomic mass is 9.95. The molecule has 0 bridgehead atoms. The van der Waals surface area contributed by atoms with Crippen LogP contribution in [0.25, 0.3) is 0 Å². The highest BCUT2D eigenvalue weighted by atomic mass is 35.5. The van der Waals surface area contributed by atoms with Crippen LogP contribution in [0, 0.1) is 0 Å². The molecule has 1 aromatic heterocycles. The molecule has 182 valence electrons. The van der Waals surface area contributed by atoms with Gasteiger partial charge in [0.25, 0.3) is 5.91 Å². The first-order valence-electron chi connectivity index (χ1n) is 11.3. The van der Waals surface area contributed by atoms with E-state index >= 15 is 0 Å². The quantitative estimate of drug-likeness (QED) is 0.286. The normalized spacial score (nSPS) is 14.7. The Labute approximate surface area is 218 Å². The number of para-hydroxylation sites is 2. The minimum absolute atomic E-state index is 0.269. The number of carbonyl (C=O) groups is 1. The van der Waals surface area contributed by atoms with Gasteiger partial charge in [-0.3, -0.25) is 4.79 Å². The lowest BCUT2D eigenvalue weighted by Gasteiger charge is -2.29. The molecule has 0 spiro atoms. The van der Waals surface area contributed by atoms with E-state index in [4.69, 9.17) is 26.4 Å². The van der Waals surface area contributed by atoms with Crippen LogP contribution in [0.2, 0.25) is 5.02 Å². The van der Waals surface area contributed by atoms with Crippen molar-refractivity contribution in [3.63, 3.8) is 0 Å². The Kier molecular flexibility index (Phi) is 6.97. The number of nitrogens with zero attached hydrogens (tertiary/aromatic N) is 3. The van der Waals surface area contributed by atoms with Gasteiger partial charge >= 0.3 is 0 Å². The molecule has 0 saturated carbocycles. The lowest BCUT2D eigenvalue weighted by molar-refractivity contribution is -0.113. The van der Waals surface area contributed by atoms with Crippen LogP contribution in [0.1, 0.15) is 24.1 Å². The van der Waals surface area contributed by atoms with E-state index in [-0.39, 0.29) is 5.91 Å². The molecular formula is C27H24ClN5O2S. The van der Waals surface area contributed by atoms with Crippen molar-refractivity contribution >= 4 is 40.9 Å². The fraction of sp³-hybridized carbons (Fsp3) is 0.148. The summed E-state index contributed by atoms with van der Waals surface area (Å²) in [6.45, 7) is 1.86. The SMILES string of the molecule is COc1ccccc1NC(=O)C1=C(C)Nc2nc(SCc3ccccc3)nn2[C@H]1c1cccc(Cl)c1. The Morgan fingerprint density at radius 2 is 1.89 bits per heavy atom. The average molecular weight is 518 g/mol. The second-order valence-electron chi connectivity index (χ2n) is 8.21. The van der Waals surface area contributed by atoms with E-state index in [2.05, 4.69) is 22.8 Å². The van der Waals surface area contributed by atoms with Gasteiger partial charge in [0, 0.05) is 16.5 Å². The van der Waals surface area contributed by atoms with Crippen LogP contribution < -0.4 is 15.4 Å². The number of hydrogen-bond acceptors (Lipinski definition) is 6. The molecule has 1 aliphatic heterocycles. The molecule has 7 nitrogen and oxygen atoms in total. The van der Waals surface area contributed by atoms with Crippen molar-refractivity contribution in [2.24, 2.45) is 0 Å². The number of benzene rings is 3. The topological polar surface area (TPSA) is 81.1 Å². The van der Waals surface area contributed by atoms with Gasteiger partial charge in [0.2, 0.25) is 11.1 Å². The monoisotopic (exact) mass is 517 g/mol. The van der Waals surface area contributed by atoms with Gasteiger partial charge in [0.05, 0.1) is 18.4 Å². The van der Waals surface area contributed by atoms with E-state index in [0.717, 1.165) is 11.3 Å². The smallest absolute Gasteiger partial charge is 0.255 e. The van der Waals surface area contributed by atoms with Crippen molar-refractivity contribution < 1.29 is 9.53 Å². The average Bonchev–Trinajstić information content (AvgIpc) is 3.29. The van der Waals surface area contributed by atoms with E-state index in [1.165, 1.54) is 5.56 Å². The molecule has 36 heavy (non-hydrogen) atoms. The molecular weight excluding hydrogens is 494 g/mol. The summed E-state index contributed by atoms with van der Waals surface area (Å²) in [7, 11) is 1.57. The predicted molar refractivity (Wildman–Crippen MR) is 144 cm³/mol. The summed E-state index contributed by atoms with van der Waals surface area (Å²) in [4.78, 5) is 18.4. The molecule has 2 heterocycles. The van der Waals surface area contributed by atoms with Crippen molar-refractivity contribution in [1.29, 1.82) is 0 Å². The number of ether oxygens (including phenoxy) is 1. The predicted octanol–water partition coefficient (Wildman–Crippen LogP) is 6.16. The van der Waals surface area contributed by atoms with Crippen molar-refractivity contribution in [3.8, 4) is 5.75 Å². The van der Waals surface area contributed by atoms with E-state index in [1.54, 1.807) is 41.8 Å². The molecule has 1 atom stereocenters. The first kappa shape index (κ1) is 24.0. The molecule has 5 rings (SSSR count). The van der Waals surface area contributed by atoms with Gasteiger partial charge in [-0.05, 0) is 42.3 Å². The maximum Gasteiger partial charge on any atom is 0.255 e. The summed E-state index contributed by atoms with van der Waals surface area (Å²) in [5.41, 5.74) is 3.80. The van der Waals surface area contributed by atoms with Crippen molar-refractivity contribution in [2.45, 2.75) is 23.9 Å². The standard InChI is InChI=1S/C27H24ClN5O2S/c1-17-23(25(34)30-21-13-6-7-14-22(21)35-2)24(19-11-8-12-20(28)15-19)33-26(29-17)31-27(32-33)36-16-18-9-4-3-5-10-18/h3-15,24H,16H2,1-2H3,(H,30,34)(H,29,31,32)/t24-/m0/s1. The summed E-state index contributed by atoms with van der Waals surface area (Å²) >= 11 is 7.89. The second-order valence-corrected chi connectivity index (χ2v) is 9.59. The molecule has 0 radical (unpaired) electrons. The molecule has 1 aliphatic rings. The van der Waals surface area contributed by atoms with E-state index in [0.29, 0.717) is 38.8 Å². The number of halogens is 1. The molecule has 0 aliphatic carbocycles. The van der Waals surface area contributed by atoms with Gasteiger partial charge in [-0.25, -0.2) is 4.68 Å². The molecule has 3 aromatic carbocycles. The van der Waals surface area contributed by atoms with Crippen molar-refractivity contribution in [3.05, 3.63) is 106 Å². The molecule has 9 heteroatoms. The van der Waals surface area contributed by atoms with Crippen LogP contribution in [-0.2, 0) is 10.5 Å². The third kappa shape index (κ3) is 4.96. The van der Waals surface area contributed by atoms with Crippen LogP contribution >= 0.6 is 23.4 Å². The molecule has 1 amide bonds. The number of carbonyl (C=O) groups excluding carboxylic acids is 1. The summed E-state index contributed by atoms with van der Waals surface area (Å²) in [6.07, 6.45) is 0. The Morgan fingerprint density at radius 1 is 1.11 bits per heavy atom. The van der Waals surface area contributed by atoms with Crippen LogP contribution in [-0.4, -0.2) is 27.8 Å². The third-order valence-corrected chi connectivity index (χ3v) is 6.95. The third-order valence-electron chi connectivity index (χ3n) is 5.81. The van der Waals surface area contributed by atoms with Gasteiger partial charge in [-0.2, -0.15) is 4.98 Å². The van der Waals surface area contributed by atoms with Gasteiger partial charge in [-0.1, -0.05) is 78.0 Å². The summed E-state index contributed by atoms with van der Waals surface area (Å²) in [5.74, 6) is 1.61.